The van der Waals surface area contributed by atoms with E-state index in [-0.39, 0.29) is 11.8 Å². The van der Waals surface area contributed by atoms with Crippen molar-refractivity contribution in [3.8, 4) is 0 Å². The Kier molecular flexibility index (Phi) is 5.48. The molecule has 3 rings (SSSR count). The lowest BCUT2D eigenvalue weighted by Crippen LogP contribution is -2.19. The molecule has 27 heavy (non-hydrogen) atoms. The van der Waals surface area contributed by atoms with E-state index in [1.807, 2.05) is 5.38 Å². The Balaban J connectivity index is 1.73. The number of carbonyl (C=O) groups is 3. The molecule has 0 unspecified atom stereocenters. The summed E-state index contributed by atoms with van der Waals surface area (Å²) < 4.78 is 0. The second-order valence-electron chi connectivity index (χ2n) is 5.53. The summed E-state index contributed by atoms with van der Waals surface area (Å²) in [5.74, 6) is -0.648. The van der Waals surface area contributed by atoms with Gasteiger partial charge in [0, 0.05) is 16.8 Å². The molecule has 4 amide bonds. The quantitative estimate of drug-likeness (QED) is 0.540. The van der Waals surface area contributed by atoms with Gasteiger partial charge in [-0.1, -0.05) is 12.1 Å². The number of rotatable bonds is 5. The topological polar surface area (TPSA) is 113 Å². The molecule has 1 heterocycles. The lowest BCUT2D eigenvalue weighted by molar-refractivity contribution is 0.102. The minimum Gasteiger partial charge on any atom is -0.351 e. The molecule has 8 heteroatoms. The van der Waals surface area contributed by atoms with E-state index in [1.54, 1.807) is 60.0 Å². The van der Waals surface area contributed by atoms with Crippen molar-refractivity contribution in [3.05, 3.63) is 76.5 Å². The summed E-state index contributed by atoms with van der Waals surface area (Å²) in [7, 11) is 0. The van der Waals surface area contributed by atoms with Crippen LogP contribution in [0.15, 0.2) is 65.4 Å². The highest BCUT2D eigenvalue weighted by Gasteiger charge is 2.14. The van der Waals surface area contributed by atoms with Gasteiger partial charge in [-0.15, -0.1) is 0 Å². The van der Waals surface area contributed by atoms with Crippen molar-refractivity contribution in [1.82, 2.24) is 0 Å². The first-order valence-electron chi connectivity index (χ1n) is 7.93. The molecule has 136 valence electrons. The summed E-state index contributed by atoms with van der Waals surface area (Å²) in [6.07, 6.45) is 0. The average molecular weight is 380 g/mol. The van der Waals surface area contributed by atoms with Gasteiger partial charge in [0.05, 0.1) is 16.8 Å². The molecule has 0 bridgehead atoms. The zero-order valence-electron chi connectivity index (χ0n) is 14.1. The second kappa shape index (κ2) is 8.15. The van der Waals surface area contributed by atoms with Crippen LogP contribution in [0.4, 0.5) is 21.9 Å². The number of thiophene rings is 1. The molecule has 3 aromatic rings. The highest BCUT2D eigenvalue weighted by Crippen LogP contribution is 2.20. The summed E-state index contributed by atoms with van der Waals surface area (Å²) in [5.41, 5.74) is 7.39. The van der Waals surface area contributed by atoms with Crippen LogP contribution in [-0.4, -0.2) is 17.8 Å². The molecule has 0 atom stereocenters. The number of hydrogen-bond acceptors (Lipinski definition) is 4. The van der Waals surface area contributed by atoms with Crippen LogP contribution in [0.3, 0.4) is 0 Å². The predicted molar refractivity (Wildman–Crippen MR) is 106 cm³/mol. The van der Waals surface area contributed by atoms with Crippen LogP contribution in [-0.2, 0) is 0 Å². The maximum absolute atomic E-state index is 12.6. The van der Waals surface area contributed by atoms with Crippen LogP contribution in [0, 0.1) is 0 Å². The second-order valence-corrected chi connectivity index (χ2v) is 6.31. The number of carbonyl (C=O) groups excluding carboxylic acids is 3. The van der Waals surface area contributed by atoms with Gasteiger partial charge in [-0.05, 0) is 47.8 Å². The number of anilines is 3. The van der Waals surface area contributed by atoms with Gasteiger partial charge in [0.2, 0.25) is 0 Å². The summed E-state index contributed by atoms with van der Waals surface area (Å²) in [6, 6.07) is 14.3. The maximum Gasteiger partial charge on any atom is 0.316 e. The van der Waals surface area contributed by atoms with E-state index >= 15 is 0 Å². The maximum atomic E-state index is 12.6. The highest BCUT2D eigenvalue weighted by atomic mass is 32.1. The van der Waals surface area contributed by atoms with Gasteiger partial charge >= 0.3 is 6.03 Å². The van der Waals surface area contributed by atoms with Gasteiger partial charge in [0.15, 0.2) is 0 Å². The summed E-state index contributed by atoms with van der Waals surface area (Å²) in [5, 5.41) is 11.5. The fourth-order valence-corrected chi connectivity index (χ4v) is 2.99. The van der Waals surface area contributed by atoms with Crippen molar-refractivity contribution < 1.29 is 14.4 Å². The van der Waals surface area contributed by atoms with E-state index < -0.39 is 6.03 Å². The lowest BCUT2D eigenvalue weighted by atomic mass is 10.1. The molecule has 0 aliphatic carbocycles. The van der Waals surface area contributed by atoms with E-state index in [2.05, 4.69) is 16.0 Å². The number of nitrogens with one attached hydrogen (secondary N) is 3. The third kappa shape index (κ3) is 4.71. The average Bonchev–Trinajstić information content (AvgIpc) is 3.18. The van der Waals surface area contributed by atoms with Crippen LogP contribution in [0.5, 0.6) is 0 Å². The van der Waals surface area contributed by atoms with E-state index in [9.17, 15) is 14.4 Å². The molecular formula is C19H16N4O3S. The number of nitrogens with two attached hydrogens (primary N) is 1. The van der Waals surface area contributed by atoms with E-state index in [1.165, 1.54) is 11.3 Å². The van der Waals surface area contributed by atoms with Crippen molar-refractivity contribution >= 4 is 46.2 Å². The smallest absolute Gasteiger partial charge is 0.316 e. The Bertz CT molecular complexity index is 969. The Hall–Kier alpha value is -3.65. The third-order valence-corrected chi connectivity index (χ3v) is 4.30. The van der Waals surface area contributed by atoms with E-state index in [0.29, 0.717) is 28.2 Å². The first kappa shape index (κ1) is 18.2. The van der Waals surface area contributed by atoms with Gasteiger partial charge in [0.25, 0.3) is 11.8 Å². The Morgan fingerprint density at radius 2 is 1.44 bits per heavy atom. The molecule has 0 spiro atoms. The molecule has 0 radical (unpaired) electrons. The summed E-state index contributed by atoms with van der Waals surface area (Å²) in [6.45, 7) is 0. The largest absolute Gasteiger partial charge is 0.351 e. The van der Waals surface area contributed by atoms with Crippen LogP contribution in [0.25, 0.3) is 0 Å². The Labute approximate surface area is 159 Å². The normalized spacial score (nSPS) is 10.1. The molecule has 5 N–H and O–H groups in total. The van der Waals surface area contributed by atoms with E-state index in [4.69, 9.17) is 5.73 Å². The van der Waals surface area contributed by atoms with E-state index in [0.717, 1.165) is 0 Å². The number of para-hydroxylation sites is 1. The molecule has 0 saturated heterocycles. The van der Waals surface area contributed by atoms with Crippen molar-refractivity contribution in [3.63, 3.8) is 0 Å². The van der Waals surface area contributed by atoms with Crippen LogP contribution in [0.1, 0.15) is 20.7 Å². The molecular weight excluding hydrogens is 364 g/mol. The van der Waals surface area contributed by atoms with Crippen molar-refractivity contribution in [2.75, 3.05) is 16.0 Å². The minimum atomic E-state index is -0.665. The number of urea groups is 1. The molecule has 0 aliphatic rings. The van der Waals surface area contributed by atoms with Crippen molar-refractivity contribution in [1.29, 1.82) is 0 Å². The molecule has 2 aromatic carbocycles. The standard InChI is InChI=1S/C19H16N4O3S/c20-19(26)22-14-7-5-13(6-8-14)21-18(25)15-3-1-2-4-16(15)23-17(24)12-9-10-27-11-12/h1-11H,(H,21,25)(H,23,24)(H3,20,22,26). The zero-order valence-corrected chi connectivity index (χ0v) is 14.9. The molecule has 0 fully saturated rings. The summed E-state index contributed by atoms with van der Waals surface area (Å²) >= 11 is 1.42. The first-order chi connectivity index (χ1) is 13.0. The van der Waals surface area contributed by atoms with Crippen LogP contribution in [0.2, 0.25) is 0 Å². The molecule has 1 aromatic heterocycles. The zero-order chi connectivity index (χ0) is 19.2. The van der Waals surface area contributed by atoms with Crippen molar-refractivity contribution in [2.45, 2.75) is 0 Å². The number of benzene rings is 2. The third-order valence-electron chi connectivity index (χ3n) is 3.61. The number of amides is 4. The van der Waals surface area contributed by atoms with Gasteiger partial charge in [0.1, 0.15) is 0 Å². The molecule has 0 aliphatic heterocycles. The lowest BCUT2D eigenvalue weighted by Gasteiger charge is -2.11. The monoisotopic (exact) mass is 380 g/mol. The summed E-state index contributed by atoms with van der Waals surface area (Å²) in [4.78, 5) is 35.7. The SMILES string of the molecule is NC(=O)Nc1ccc(NC(=O)c2ccccc2NC(=O)c2ccsc2)cc1. The molecule has 0 saturated carbocycles. The number of primary amides is 1. The van der Waals surface area contributed by atoms with Gasteiger partial charge in [-0.2, -0.15) is 11.3 Å². The van der Waals surface area contributed by atoms with Gasteiger partial charge in [-0.3, -0.25) is 9.59 Å². The Morgan fingerprint density at radius 3 is 2.07 bits per heavy atom. The fraction of sp³-hybridized carbons (Fsp3) is 0. The predicted octanol–water partition coefficient (Wildman–Crippen LogP) is 3.74. The Morgan fingerprint density at radius 1 is 0.778 bits per heavy atom. The minimum absolute atomic E-state index is 0.279. The number of hydrogen-bond donors (Lipinski definition) is 4. The van der Waals surface area contributed by atoms with Crippen LogP contribution >= 0.6 is 11.3 Å². The molecule has 7 nitrogen and oxygen atoms in total. The highest BCUT2D eigenvalue weighted by molar-refractivity contribution is 7.08. The van der Waals surface area contributed by atoms with Crippen LogP contribution < -0.4 is 21.7 Å². The fourth-order valence-electron chi connectivity index (χ4n) is 2.36. The van der Waals surface area contributed by atoms with Crippen molar-refractivity contribution in [2.24, 2.45) is 5.73 Å². The first-order valence-corrected chi connectivity index (χ1v) is 8.87. The van der Waals surface area contributed by atoms with Gasteiger partial charge in [-0.25, -0.2) is 4.79 Å². The van der Waals surface area contributed by atoms with Gasteiger partial charge < -0.3 is 21.7 Å².